The molecular weight excluding hydrogens is 576 g/mol. The molecule has 17 heteroatoms. The first-order valence-corrected chi connectivity index (χ1v) is 10.4. The van der Waals surface area contributed by atoms with Crippen molar-refractivity contribution in [3.8, 4) is 0 Å². The van der Waals surface area contributed by atoms with Gasteiger partial charge in [0.15, 0.2) is 0 Å². The minimum absolute atomic E-state index is 0.0199. The Morgan fingerprint density at radius 2 is 1.29 bits per heavy atom. The molecule has 0 bridgehead atoms. The van der Waals surface area contributed by atoms with Crippen LogP contribution in [0.4, 0.5) is 58.4 Å². The Morgan fingerprint density at radius 1 is 0.789 bits per heavy atom. The van der Waals surface area contributed by atoms with E-state index >= 15 is 0 Å². The SMILES string of the molecule is O=C(CC(F)(F)F)NCc1ccc(NC[C@@](O)(c2cc(C(F)(F)F)cc(C(F)(F)F)c2)C(F)(F)F)cc1Cl. The second-order valence-corrected chi connectivity index (χ2v) is 8.29. The van der Waals surface area contributed by atoms with Crippen molar-refractivity contribution in [3.05, 3.63) is 63.7 Å². The molecule has 4 nitrogen and oxygen atoms in total. The number of carbonyl (C=O) groups is 1. The van der Waals surface area contributed by atoms with Gasteiger partial charge in [-0.1, -0.05) is 17.7 Å². The minimum Gasteiger partial charge on any atom is -0.381 e. The van der Waals surface area contributed by atoms with E-state index in [9.17, 15) is 62.6 Å². The highest BCUT2D eigenvalue weighted by atomic mass is 35.5. The van der Waals surface area contributed by atoms with E-state index in [-0.39, 0.29) is 28.4 Å². The Labute approximate surface area is 210 Å². The van der Waals surface area contributed by atoms with E-state index in [1.54, 1.807) is 0 Å². The van der Waals surface area contributed by atoms with E-state index in [2.05, 4.69) is 0 Å². The first-order valence-electron chi connectivity index (χ1n) is 9.98. The highest BCUT2D eigenvalue weighted by Gasteiger charge is 2.56. The Bertz CT molecular complexity index is 1130. The van der Waals surface area contributed by atoms with E-state index < -0.39 is 78.5 Å². The maximum atomic E-state index is 13.8. The van der Waals surface area contributed by atoms with Gasteiger partial charge in [-0.25, -0.2) is 0 Å². The Kier molecular flexibility index (Phi) is 8.83. The second kappa shape index (κ2) is 10.7. The van der Waals surface area contributed by atoms with E-state index in [0.717, 1.165) is 18.2 Å². The lowest BCUT2D eigenvalue weighted by Gasteiger charge is -2.32. The summed E-state index contributed by atoms with van der Waals surface area (Å²) in [6.07, 6.45) is -23.3. The summed E-state index contributed by atoms with van der Waals surface area (Å²) in [5.41, 5.74) is -10.4. The molecule has 2 rings (SSSR count). The third-order valence-electron chi connectivity index (χ3n) is 4.97. The van der Waals surface area contributed by atoms with Crippen LogP contribution < -0.4 is 10.6 Å². The molecular formula is C21H15ClF12N2O2. The summed E-state index contributed by atoms with van der Waals surface area (Å²) in [7, 11) is 0. The number of rotatable bonds is 7. The van der Waals surface area contributed by atoms with Crippen LogP contribution in [0.5, 0.6) is 0 Å². The molecule has 2 aromatic rings. The fourth-order valence-electron chi connectivity index (χ4n) is 3.03. The molecule has 38 heavy (non-hydrogen) atoms. The zero-order valence-electron chi connectivity index (χ0n) is 18.4. The molecule has 0 radical (unpaired) electrons. The van der Waals surface area contributed by atoms with Crippen molar-refractivity contribution in [1.82, 2.24) is 5.32 Å². The van der Waals surface area contributed by atoms with Crippen LogP contribution in [0.15, 0.2) is 36.4 Å². The predicted molar refractivity (Wildman–Crippen MR) is 109 cm³/mol. The largest absolute Gasteiger partial charge is 0.423 e. The van der Waals surface area contributed by atoms with Crippen molar-refractivity contribution >= 4 is 23.2 Å². The molecule has 1 atom stereocenters. The van der Waals surface area contributed by atoms with Crippen molar-refractivity contribution in [2.75, 3.05) is 11.9 Å². The molecule has 212 valence electrons. The molecule has 2 aromatic carbocycles. The zero-order chi connectivity index (χ0) is 29.3. The van der Waals surface area contributed by atoms with Gasteiger partial charge in [-0.15, -0.1) is 0 Å². The Hall–Kier alpha value is -2.88. The summed E-state index contributed by atoms with van der Waals surface area (Å²) in [6, 6.07) is 2.06. The van der Waals surface area contributed by atoms with Gasteiger partial charge in [0.05, 0.1) is 17.7 Å². The van der Waals surface area contributed by atoms with E-state index in [1.807, 2.05) is 10.6 Å². The molecule has 0 aliphatic carbocycles. The molecule has 3 N–H and O–H groups in total. The average Bonchev–Trinajstić information content (AvgIpc) is 2.73. The fourth-order valence-corrected chi connectivity index (χ4v) is 3.28. The number of amides is 1. The molecule has 0 fully saturated rings. The summed E-state index contributed by atoms with van der Waals surface area (Å²) in [6.45, 7) is -2.17. The third-order valence-corrected chi connectivity index (χ3v) is 5.32. The van der Waals surface area contributed by atoms with Crippen LogP contribution in [0.2, 0.25) is 5.02 Å². The van der Waals surface area contributed by atoms with E-state index in [4.69, 9.17) is 11.6 Å². The number of alkyl halides is 12. The van der Waals surface area contributed by atoms with Crippen molar-refractivity contribution in [2.45, 2.75) is 43.3 Å². The van der Waals surface area contributed by atoms with Gasteiger partial charge in [0.1, 0.15) is 6.42 Å². The topological polar surface area (TPSA) is 61.4 Å². The van der Waals surface area contributed by atoms with Crippen LogP contribution >= 0.6 is 11.6 Å². The summed E-state index contributed by atoms with van der Waals surface area (Å²) in [5, 5.41) is 14.0. The first kappa shape index (κ1) is 31.3. The smallest absolute Gasteiger partial charge is 0.381 e. The zero-order valence-corrected chi connectivity index (χ0v) is 19.1. The van der Waals surface area contributed by atoms with Gasteiger partial charge in [0.25, 0.3) is 0 Å². The van der Waals surface area contributed by atoms with Crippen LogP contribution in [0.25, 0.3) is 0 Å². The number of halogens is 13. The quantitative estimate of drug-likeness (QED) is 0.311. The van der Waals surface area contributed by atoms with E-state index in [1.165, 1.54) is 0 Å². The van der Waals surface area contributed by atoms with Crippen LogP contribution in [0, 0.1) is 0 Å². The van der Waals surface area contributed by atoms with Crippen molar-refractivity contribution < 1.29 is 62.6 Å². The number of hydrogen-bond donors (Lipinski definition) is 3. The molecule has 0 aromatic heterocycles. The summed E-state index contributed by atoms with van der Waals surface area (Å²) >= 11 is 5.90. The van der Waals surface area contributed by atoms with Crippen LogP contribution in [0.3, 0.4) is 0 Å². The molecule has 0 aliphatic rings. The van der Waals surface area contributed by atoms with Crippen molar-refractivity contribution in [3.63, 3.8) is 0 Å². The lowest BCUT2D eigenvalue weighted by Crippen LogP contribution is -2.48. The van der Waals surface area contributed by atoms with Crippen LogP contribution in [-0.2, 0) is 29.3 Å². The first-order chi connectivity index (χ1) is 17.0. The van der Waals surface area contributed by atoms with Crippen molar-refractivity contribution in [1.29, 1.82) is 0 Å². The number of hydrogen-bond acceptors (Lipinski definition) is 3. The standard InChI is InChI=1S/C21H15ClF12N2O2/c22-15-6-14(2-1-10(15)8-35-16(37)7-18(23,24)25)36-9-17(38,21(32,33)34)11-3-12(19(26,27)28)5-13(4-11)20(29,30)31/h1-6,36,38H,7-9H2,(H,35,37)/t17-/m1/s1. The van der Waals surface area contributed by atoms with Gasteiger partial charge < -0.3 is 15.7 Å². The molecule has 0 spiro atoms. The number of nitrogens with one attached hydrogen (secondary N) is 2. The van der Waals surface area contributed by atoms with Crippen molar-refractivity contribution in [2.24, 2.45) is 0 Å². The lowest BCUT2D eigenvalue weighted by atomic mass is 9.89. The fraction of sp³-hybridized carbons (Fsp3) is 0.381. The second-order valence-electron chi connectivity index (χ2n) is 7.88. The van der Waals surface area contributed by atoms with Gasteiger partial charge in [0.2, 0.25) is 11.5 Å². The third kappa shape index (κ3) is 8.06. The molecule has 0 saturated carbocycles. The summed E-state index contributed by atoms with van der Waals surface area (Å²) in [5.74, 6) is -1.40. The van der Waals surface area contributed by atoms with Crippen LogP contribution in [0.1, 0.15) is 28.7 Å². The number of anilines is 1. The minimum atomic E-state index is -5.76. The highest BCUT2D eigenvalue weighted by molar-refractivity contribution is 6.31. The van der Waals surface area contributed by atoms with Gasteiger partial charge in [-0.05, 0) is 41.5 Å². The molecule has 0 unspecified atom stereocenters. The molecule has 0 saturated heterocycles. The molecule has 0 heterocycles. The summed E-state index contributed by atoms with van der Waals surface area (Å²) < 4.78 is 157. The van der Waals surface area contributed by atoms with E-state index in [0.29, 0.717) is 0 Å². The number of benzene rings is 2. The van der Waals surface area contributed by atoms with Gasteiger partial charge in [-0.2, -0.15) is 52.7 Å². The lowest BCUT2D eigenvalue weighted by molar-refractivity contribution is -0.261. The van der Waals surface area contributed by atoms with Gasteiger partial charge >= 0.3 is 24.7 Å². The van der Waals surface area contributed by atoms with Gasteiger partial charge in [0, 0.05) is 17.3 Å². The summed E-state index contributed by atoms with van der Waals surface area (Å²) in [4.78, 5) is 11.3. The van der Waals surface area contributed by atoms with Crippen LogP contribution in [-0.4, -0.2) is 29.9 Å². The highest BCUT2D eigenvalue weighted by Crippen LogP contribution is 2.44. The Balaban J connectivity index is 2.34. The maximum Gasteiger partial charge on any atom is 0.423 e. The Morgan fingerprint density at radius 3 is 1.71 bits per heavy atom. The monoisotopic (exact) mass is 590 g/mol. The number of carbonyl (C=O) groups excluding carboxylic acids is 1. The average molecular weight is 591 g/mol. The maximum absolute atomic E-state index is 13.8. The molecule has 0 aliphatic heterocycles. The van der Waals surface area contributed by atoms with Gasteiger partial charge in [-0.3, -0.25) is 4.79 Å². The number of aliphatic hydroxyl groups is 1. The normalized spacial score (nSPS) is 14.7. The molecule has 1 amide bonds. The predicted octanol–water partition coefficient (Wildman–Crippen LogP) is 6.81.